The molecule has 0 saturated heterocycles. The quantitative estimate of drug-likeness (QED) is 0.232. The van der Waals surface area contributed by atoms with Crippen LogP contribution in [0.4, 0.5) is 0 Å². The van der Waals surface area contributed by atoms with Gasteiger partial charge >= 0.3 is 0 Å². The summed E-state index contributed by atoms with van der Waals surface area (Å²) >= 11 is 3.46. The third-order valence-corrected chi connectivity index (χ3v) is 6.63. The van der Waals surface area contributed by atoms with Gasteiger partial charge in [0.05, 0.1) is 0 Å². The highest BCUT2D eigenvalue weighted by Crippen LogP contribution is 2.26. The zero-order valence-corrected chi connectivity index (χ0v) is 18.6. The highest BCUT2D eigenvalue weighted by Gasteiger charge is 2.10. The van der Waals surface area contributed by atoms with Gasteiger partial charge in [-0.25, -0.2) is 0 Å². The standard InChI is InChI=1S/C27H22OS2/c1-29-25-15-11-21(12-16-25)19-3-7-23(8-4-19)27(28)24-9-5-20(6-10-24)22-13-17-26(30-2)18-14-22/h3-18H,1-2H3. The van der Waals surface area contributed by atoms with Gasteiger partial charge in [-0.15, -0.1) is 23.5 Å². The van der Waals surface area contributed by atoms with Gasteiger partial charge < -0.3 is 0 Å². The van der Waals surface area contributed by atoms with Gasteiger partial charge in [0.2, 0.25) is 0 Å². The highest BCUT2D eigenvalue weighted by molar-refractivity contribution is 7.98. The van der Waals surface area contributed by atoms with Crippen LogP contribution in [0, 0.1) is 0 Å². The molecule has 4 rings (SSSR count). The predicted molar refractivity (Wildman–Crippen MR) is 131 cm³/mol. The molecule has 0 N–H and O–H groups in total. The van der Waals surface area contributed by atoms with Crippen molar-refractivity contribution in [2.24, 2.45) is 0 Å². The van der Waals surface area contributed by atoms with Gasteiger partial charge in [0.1, 0.15) is 0 Å². The van der Waals surface area contributed by atoms with Crippen LogP contribution < -0.4 is 0 Å². The molecule has 0 unspecified atom stereocenters. The Balaban J connectivity index is 1.50. The van der Waals surface area contributed by atoms with Gasteiger partial charge in [0.15, 0.2) is 5.78 Å². The summed E-state index contributed by atoms with van der Waals surface area (Å²) in [5.41, 5.74) is 5.95. The Bertz CT molecular complexity index is 1030. The molecule has 1 nitrogen and oxygen atoms in total. The molecule has 0 atom stereocenters. The number of carbonyl (C=O) groups is 1. The second-order valence-corrected chi connectivity index (χ2v) is 8.70. The fourth-order valence-electron chi connectivity index (χ4n) is 3.36. The van der Waals surface area contributed by atoms with Crippen LogP contribution in [-0.4, -0.2) is 18.3 Å². The lowest BCUT2D eigenvalue weighted by atomic mass is 9.97. The highest BCUT2D eigenvalue weighted by atomic mass is 32.2. The first-order valence-corrected chi connectivity index (χ1v) is 12.2. The molecule has 4 aromatic carbocycles. The van der Waals surface area contributed by atoms with Crippen molar-refractivity contribution < 1.29 is 4.79 Å². The normalized spacial score (nSPS) is 10.7. The minimum Gasteiger partial charge on any atom is -0.289 e. The first kappa shape index (κ1) is 20.5. The average molecular weight is 427 g/mol. The van der Waals surface area contributed by atoms with E-state index in [1.165, 1.54) is 9.79 Å². The summed E-state index contributed by atoms with van der Waals surface area (Å²) in [6.07, 6.45) is 4.15. The monoisotopic (exact) mass is 426 g/mol. The van der Waals surface area contributed by atoms with Crippen LogP contribution in [0.2, 0.25) is 0 Å². The molecule has 148 valence electrons. The maximum Gasteiger partial charge on any atom is 0.193 e. The Morgan fingerprint density at radius 2 is 0.733 bits per heavy atom. The van der Waals surface area contributed by atoms with E-state index >= 15 is 0 Å². The number of benzene rings is 4. The van der Waals surface area contributed by atoms with Gasteiger partial charge in [0, 0.05) is 20.9 Å². The fourth-order valence-corrected chi connectivity index (χ4v) is 4.18. The zero-order valence-electron chi connectivity index (χ0n) is 17.0. The summed E-state index contributed by atoms with van der Waals surface area (Å²) in [7, 11) is 0. The fraction of sp³-hybridized carbons (Fsp3) is 0.0741. The molecular formula is C27H22OS2. The number of rotatable bonds is 6. The summed E-state index contributed by atoms with van der Waals surface area (Å²) < 4.78 is 0. The topological polar surface area (TPSA) is 17.1 Å². The van der Waals surface area contributed by atoms with Crippen LogP contribution in [-0.2, 0) is 0 Å². The zero-order chi connectivity index (χ0) is 20.9. The van der Waals surface area contributed by atoms with Crippen molar-refractivity contribution in [3.63, 3.8) is 0 Å². The van der Waals surface area contributed by atoms with Gasteiger partial charge in [-0.3, -0.25) is 4.79 Å². The molecule has 0 aliphatic heterocycles. The first-order chi connectivity index (χ1) is 14.7. The van der Waals surface area contributed by atoms with Crippen molar-refractivity contribution in [2.45, 2.75) is 9.79 Å². The third-order valence-electron chi connectivity index (χ3n) is 5.14. The summed E-state index contributed by atoms with van der Waals surface area (Å²) in [5, 5.41) is 0. The number of thioether (sulfide) groups is 2. The Kier molecular flexibility index (Phi) is 6.41. The van der Waals surface area contributed by atoms with Crippen molar-refractivity contribution in [2.75, 3.05) is 12.5 Å². The molecule has 30 heavy (non-hydrogen) atoms. The lowest BCUT2D eigenvalue weighted by Crippen LogP contribution is -2.00. The molecule has 0 amide bonds. The second-order valence-electron chi connectivity index (χ2n) is 6.94. The van der Waals surface area contributed by atoms with E-state index in [-0.39, 0.29) is 5.78 Å². The van der Waals surface area contributed by atoms with Crippen molar-refractivity contribution in [3.8, 4) is 22.3 Å². The van der Waals surface area contributed by atoms with Crippen LogP contribution in [0.3, 0.4) is 0 Å². The molecule has 3 heteroatoms. The van der Waals surface area contributed by atoms with Crippen LogP contribution >= 0.6 is 23.5 Å². The van der Waals surface area contributed by atoms with Gasteiger partial charge in [-0.05, 0) is 59.0 Å². The van der Waals surface area contributed by atoms with Gasteiger partial charge in [0.25, 0.3) is 0 Å². The van der Waals surface area contributed by atoms with Crippen molar-refractivity contribution in [3.05, 3.63) is 108 Å². The van der Waals surface area contributed by atoms with E-state index in [9.17, 15) is 4.79 Å². The molecule has 0 saturated carbocycles. The van der Waals surface area contributed by atoms with E-state index in [1.807, 2.05) is 48.5 Å². The van der Waals surface area contributed by atoms with E-state index in [0.717, 1.165) is 22.3 Å². The molecule has 0 bridgehead atoms. The van der Waals surface area contributed by atoms with Crippen molar-refractivity contribution in [1.82, 2.24) is 0 Å². The smallest absolute Gasteiger partial charge is 0.193 e. The SMILES string of the molecule is CSc1ccc(-c2ccc(C(=O)c3ccc(-c4ccc(SC)cc4)cc3)cc2)cc1. The number of carbonyl (C=O) groups excluding carboxylic acids is 1. The molecular weight excluding hydrogens is 404 g/mol. The maximum atomic E-state index is 12.9. The minimum absolute atomic E-state index is 0.0450. The first-order valence-electron chi connectivity index (χ1n) is 9.71. The number of hydrogen-bond acceptors (Lipinski definition) is 3. The minimum atomic E-state index is 0.0450. The molecule has 0 spiro atoms. The summed E-state index contributed by atoms with van der Waals surface area (Å²) in [5.74, 6) is 0.0450. The Hall–Kier alpha value is -2.75. The number of hydrogen-bond donors (Lipinski definition) is 0. The number of ketones is 1. The lowest BCUT2D eigenvalue weighted by molar-refractivity contribution is 0.103. The molecule has 0 heterocycles. The molecule has 4 aromatic rings. The molecule has 0 aromatic heterocycles. The summed E-state index contributed by atoms with van der Waals surface area (Å²) in [6, 6.07) is 32.7. The molecule has 0 radical (unpaired) electrons. The van der Waals surface area contributed by atoms with E-state index < -0.39 is 0 Å². The largest absolute Gasteiger partial charge is 0.289 e. The predicted octanol–water partition coefficient (Wildman–Crippen LogP) is 7.70. The van der Waals surface area contributed by atoms with Crippen LogP contribution in [0.5, 0.6) is 0 Å². The Morgan fingerprint density at radius 3 is 1.00 bits per heavy atom. The van der Waals surface area contributed by atoms with Gasteiger partial charge in [-0.1, -0.05) is 72.8 Å². The van der Waals surface area contributed by atoms with Crippen molar-refractivity contribution in [1.29, 1.82) is 0 Å². The van der Waals surface area contributed by atoms with E-state index in [4.69, 9.17) is 0 Å². The molecule has 0 fully saturated rings. The maximum absolute atomic E-state index is 12.9. The second kappa shape index (κ2) is 9.38. The average Bonchev–Trinajstić information content (AvgIpc) is 2.84. The summed E-state index contributed by atoms with van der Waals surface area (Å²) in [4.78, 5) is 15.4. The Labute approximate surface area is 186 Å². The molecule has 0 aliphatic rings. The van der Waals surface area contributed by atoms with Gasteiger partial charge in [-0.2, -0.15) is 0 Å². The Morgan fingerprint density at radius 1 is 0.467 bits per heavy atom. The van der Waals surface area contributed by atoms with E-state index in [1.54, 1.807) is 23.5 Å². The molecule has 0 aliphatic carbocycles. The van der Waals surface area contributed by atoms with Crippen molar-refractivity contribution >= 4 is 29.3 Å². The summed E-state index contributed by atoms with van der Waals surface area (Å²) in [6.45, 7) is 0. The van der Waals surface area contributed by atoms with E-state index in [0.29, 0.717) is 11.1 Å². The van der Waals surface area contributed by atoms with E-state index in [2.05, 4.69) is 61.0 Å². The van der Waals surface area contributed by atoms with Crippen LogP contribution in [0.1, 0.15) is 15.9 Å². The van der Waals surface area contributed by atoms with Crippen LogP contribution in [0.25, 0.3) is 22.3 Å². The van der Waals surface area contributed by atoms with Crippen LogP contribution in [0.15, 0.2) is 107 Å². The lowest BCUT2D eigenvalue weighted by Gasteiger charge is -2.07. The third kappa shape index (κ3) is 4.53.